The fraction of sp³-hybridized carbons (Fsp3) is 0.741. The molecule has 2 saturated heterocycles. The predicted molar refractivity (Wildman–Crippen MR) is 131 cm³/mol. The van der Waals surface area contributed by atoms with Gasteiger partial charge in [-0.3, -0.25) is 19.5 Å². The number of carbonyl (C=O) groups excluding carboxylic acids is 2. The topological polar surface area (TPSA) is 91.6 Å². The maximum Gasteiger partial charge on any atom is 0.240 e. The minimum atomic E-state index is -0.563. The van der Waals surface area contributed by atoms with Crippen LogP contribution in [0.2, 0.25) is 0 Å². The van der Waals surface area contributed by atoms with Gasteiger partial charge in [-0.15, -0.1) is 0 Å². The van der Waals surface area contributed by atoms with Crippen LogP contribution >= 0.6 is 0 Å². The first-order valence-corrected chi connectivity index (χ1v) is 13.3. The number of anilines is 1. The van der Waals surface area contributed by atoms with Crippen LogP contribution in [0.25, 0.3) is 0 Å². The Labute approximate surface area is 202 Å². The number of primary amides is 1. The lowest BCUT2D eigenvalue weighted by atomic mass is 9.47. The fourth-order valence-electron chi connectivity index (χ4n) is 8.77. The van der Waals surface area contributed by atoms with Crippen LogP contribution in [0.1, 0.15) is 65.2 Å². The highest BCUT2D eigenvalue weighted by molar-refractivity contribution is 5.86. The lowest BCUT2D eigenvalue weighted by molar-refractivity contribution is -0.149. The standard InChI is InChI=1S/C27H39N5O2/c1-26(2,32-20-5-6-22(32)16-31(9-7-20)21-4-3-8-29-15-21)25(34)30-23-18-10-17-11-19(23)14-27(12-17,13-18)24(28)33/h3-4,8,15,17-20,22-23H,5-7,9-14,16H2,1-2H3,(H2,28,33)(H,30,34)/t17?,18-,19+,20?,22?,23?,27?. The highest BCUT2D eigenvalue weighted by Gasteiger charge is 2.59. The monoisotopic (exact) mass is 465 g/mol. The van der Waals surface area contributed by atoms with Crippen molar-refractivity contribution in [2.75, 3.05) is 18.0 Å². The first-order chi connectivity index (χ1) is 16.3. The molecule has 7 rings (SSSR count). The second-order valence-corrected chi connectivity index (χ2v) is 12.4. The largest absolute Gasteiger partial charge is 0.369 e. The second-order valence-electron chi connectivity index (χ2n) is 12.4. The zero-order chi connectivity index (χ0) is 23.7. The summed E-state index contributed by atoms with van der Waals surface area (Å²) in [4.78, 5) is 35.5. The van der Waals surface area contributed by atoms with Crippen molar-refractivity contribution in [2.45, 2.75) is 88.9 Å². The molecule has 7 atom stereocenters. The SMILES string of the molecule is CC(C)(C(=O)NC1[C@@H]2CC3C[C@H]1CC(C(N)=O)(C3)C2)N1C2CCC1CN(c1cccnc1)CC2. The summed E-state index contributed by atoms with van der Waals surface area (Å²) in [6.07, 6.45) is 12.1. The number of nitrogens with two attached hydrogens (primary N) is 1. The summed E-state index contributed by atoms with van der Waals surface area (Å²) in [6.45, 7) is 6.18. The van der Waals surface area contributed by atoms with E-state index in [1.165, 1.54) is 12.1 Å². The van der Waals surface area contributed by atoms with Crippen molar-refractivity contribution in [3.63, 3.8) is 0 Å². The van der Waals surface area contributed by atoms with Gasteiger partial charge in [0, 0.05) is 42.8 Å². The van der Waals surface area contributed by atoms with E-state index >= 15 is 0 Å². The number of nitrogens with zero attached hydrogens (tertiary/aromatic N) is 3. The van der Waals surface area contributed by atoms with E-state index in [1.807, 2.05) is 18.5 Å². The molecule has 3 N–H and O–H groups in total. The molecule has 3 heterocycles. The molecule has 0 radical (unpaired) electrons. The quantitative estimate of drug-likeness (QED) is 0.698. The Hall–Kier alpha value is -2.15. The van der Waals surface area contributed by atoms with E-state index in [1.54, 1.807) is 0 Å². The summed E-state index contributed by atoms with van der Waals surface area (Å²) >= 11 is 0. The number of carbonyl (C=O) groups is 2. The molecular weight excluding hydrogens is 426 g/mol. The average Bonchev–Trinajstić information content (AvgIpc) is 3.10. The summed E-state index contributed by atoms with van der Waals surface area (Å²) in [6, 6.07) is 5.13. The van der Waals surface area contributed by atoms with E-state index in [4.69, 9.17) is 5.73 Å². The van der Waals surface area contributed by atoms with E-state index in [9.17, 15) is 9.59 Å². The summed E-state index contributed by atoms with van der Waals surface area (Å²) in [5.74, 6) is 1.42. The molecule has 6 aliphatic rings. The summed E-state index contributed by atoms with van der Waals surface area (Å²) in [7, 11) is 0. The van der Waals surface area contributed by atoms with Gasteiger partial charge in [-0.2, -0.15) is 0 Å². The van der Waals surface area contributed by atoms with Crippen LogP contribution < -0.4 is 16.0 Å². The molecule has 6 bridgehead atoms. The van der Waals surface area contributed by atoms with Crippen LogP contribution in [0.15, 0.2) is 24.5 Å². The molecule has 184 valence electrons. The third-order valence-corrected chi connectivity index (χ3v) is 10.1. The van der Waals surface area contributed by atoms with Crippen LogP contribution in [-0.2, 0) is 9.59 Å². The molecule has 4 aliphatic carbocycles. The van der Waals surface area contributed by atoms with Crippen LogP contribution in [0, 0.1) is 23.2 Å². The van der Waals surface area contributed by atoms with Gasteiger partial charge in [0.2, 0.25) is 11.8 Å². The fourth-order valence-corrected chi connectivity index (χ4v) is 8.77. The Balaban J connectivity index is 1.18. The first-order valence-electron chi connectivity index (χ1n) is 13.3. The number of rotatable bonds is 5. The third kappa shape index (κ3) is 3.45. The summed E-state index contributed by atoms with van der Waals surface area (Å²) in [5.41, 5.74) is 6.17. The molecular formula is C27H39N5O2. The third-order valence-electron chi connectivity index (χ3n) is 10.1. The Morgan fingerprint density at radius 2 is 1.85 bits per heavy atom. The maximum atomic E-state index is 13.9. The van der Waals surface area contributed by atoms with Gasteiger partial charge in [-0.25, -0.2) is 0 Å². The molecule has 1 aromatic heterocycles. The van der Waals surface area contributed by atoms with E-state index in [0.29, 0.717) is 29.8 Å². The van der Waals surface area contributed by atoms with Gasteiger partial charge in [0.1, 0.15) is 0 Å². The number of hydrogen-bond donors (Lipinski definition) is 2. The number of nitrogens with one attached hydrogen (secondary N) is 1. The van der Waals surface area contributed by atoms with E-state index in [0.717, 1.165) is 58.0 Å². The molecule has 2 amide bonds. The number of hydrogen-bond acceptors (Lipinski definition) is 5. The van der Waals surface area contributed by atoms with Crippen LogP contribution in [0.5, 0.6) is 0 Å². The molecule has 1 aromatic rings. The average molecular weight is 466 g/mol. The second kappa shape index (κ2) is 7.94. The van der Waals surface area contributed by atoms with E-state index in [2.05, 4.69) is 40.0 Å². The van der Waals surface area contributed by atoms with E-state index in [-0.39, 0.29) is 23.3 Å². The molecule has 7 heteroatoms. The minimum absolute atomic E-state index is 0.115. The zero-order valence-corrected chi connectivity index (χ0v) is 20.6. The molecule has 6 fully saturated rings. The highest BCUT2D eigenvalue weighted by atomic mass is 16.2. The van der Waals surface area contributed by atoms with Gasteiger partial charge in [-0.05, 0) is 95.1 Å². The summed E-state index contributed by atoms with van der Waals surface area (Å²) < 4.78 is 0. The van der Waals surface area contributed by atoms with Gasteiger partial charge in [0.25, 0.3) is 0 Å². The van der Waals surface area contributed by atoms with Crippen LogP contribution in [0.4, 0.5) is 5.69 Å². The van der Waals surface area contributed by atoms with Gasteiger partial charge in [-0.1, -0.05) is 0 Å². The van der Waals surface area contributed by atoms with Crippen molar-refractivity contribution < 1.29 is 9.59 Å². The normalized spacial score (nSPS) is 39.2. The predicted octanol–water partition coefficient (Wildman–Crippen LogP) is 2.70. The number of fused-ring (bicyclic) bond motifs is 2. The van der Waals surface area contributed by atoms with Gasteiger partial charge < -0.3 is 16.0 Å². The van der Waals surface area contributed by atoms with Crippen molar-refractivity contribution in [2.24, 2.45) is 28.9 Å². The highest BCUT2D eigenvalue weighted by Crippen LogP contribution is 2.60. The van der Waals surface area contributed by atoms with Crippen LogP contribution in [-0.4, -0.2) is 58.5 Å². The molecule has 0 spiro atoms. The van der Waals surface area contributed by atoms with Crippen molar-refractivity contribution in [3.05, 3.63) is 24.5 Å². The summed E-state index contributed by atoms with van der Waals surface area (Å²) in [5, 5.41) is 3.53. The molecule has 5 unspecified atom stereocenters. The Morgan fingerprint density at radius 3 is 2.53 bits per heavy atom. The number of aromatic nitrogens is 1. The van der Waals surface area contributed by atoms with Crippen molar-refractivity contribution in [1.29, 1.82) is 0 Å². The lowest BCUT2D eigenvalue weighted by Crippen LogP contribution is -2.66. The minimum Gasteiger partial charge on any atom is -0.369 e. The molecule has 0 aromatic carbocycles. The first kappa shape index (κ1) is 22.3. The lowest BCUT2D eigenvalue weighted by Gasteiger charge is -2.59. The number of pyridine rings is 1. The smallest absolute Gasteiger partial charge is 0.240 e. The number of amides is 2. The molecule has 2 aliphatic heterocycles. The van der Waals surface area contributed by atoms with Gasteiger partial charge in [0.15, 0.2) is 0 Å². The Kier molecular flexibility index (Phi) is 5.21. The zero-order valence-electron chi connectivity index (χ0n) is 20.6. The van der Waals surface area contributed by atoms with Gasteiger partial charge in [0.05, 0.1) is 17.4 Å². The van der Waals surface area contributed by atoms with Gasteiger partial charge >= 0.3 is 0 Å². The Bertz CT molecular complexity index is 949. The van der Waals surface area contributed by atoms with Crippen LogP contribution in [0.3, 0.4) is 0 Å². The van der Waals surface area contributed by atoms with E-state index < -0.39 is 5.54 Å². The van der Waals surface area contributed by atoms with Crippen molar-refractivity contribution in [3.8, 4) is 0 Å². The molecule has 7 nitrogen and oxygen atoms in total. The maximum absolute atomic E-state index is 13.9. The molecule has 4 saturated carbocycles. The Morgan fingerprint density at radius 1 is 1.12 bits per heavy atom. The van der Waals surface area contributed by atoms with Crippen molar-refractivity contribution >= 4 is 17.5 Å². The molecule has 34 heavy (non-hydrogen) atoms. The van der Waals surface area contributed by atoms with Crippen molar-refractivity contribution in [1.82, 2.24) is 15.2 Å².